The Kier molecular flexibility index (Phi) is 4.81. The molecule has 1 amide bonds. The van der Waals surface area contributed by atoms with Crippen LogP contribution < -0.4 is 11.1 Å². The highest BCUT2D eigenvalue weighted by atomic mass is 79.9. The number of halogens is 4. The molecule has 2 atom stereocenters. The van der Waals surface area contributed by atoms with Gasteiger partial charge in [-0.1, -0.05) is 28.8 Å². The summed E-state index contributed by atoms with van der Waals surface area (Å²) in [5.41, 5.74) is 6.17. The molecule has 0 bridgehead atoms. The van der Waals surface area contributed by atoms with Gasteiger partial charge < -0.3 is 11.1 Å². The minimum atomic E-state index is -4.29. The second-order valence-corrected chi connectivity index (χ2v) is 6.16. The number of nitrogen functional groups attached to an aromatic ring is 1. The fraction of sp³-hybridized carbons (Fsp3) is 0.500. The summed E-state index contributed by atoms with van der Waals surface area (Å²) in [6.07, 6.45) is -2.66. The third-order valence-electron chi connectivity index (χ3n) is 3.76. The van der Waals surface area contributed by atoms with Crippen LogP contribution in [0.3, 0.4) is 0 Å². The largest absolute Gasteiger partial charge is 0.398 e. The maximum absolute atomic E-state index is 13.0. The Bertz CT molecular complexity index is 533. The Morgan fingerprint density at radius 2 is 1.95 bits per heavy atom. The Balaban J connectivity index is 2.13. The Labute approximate surface area is 129 Å². The zero-order valence-corrected chi connectivity index (χ0v) is 12.8. The second-order valence-electron chi connectivity index (χ2n) is 5.24. The van der Waals surface area contributed by atoms with Crippen LogP contribution in [0.1, 0.15) is 36.0 Å². The predicted octanol–water partition coefficient (Wildman–Crippen LogP) is 3.88. The van der Waals surface area contributed by atoms with Crippen molar-refractivity contribution in [1.29, 1.82) is 0 Å². The Morgan fingerprint density at radius 1 is 1.29 bits per heavy atom. The molecule has 0 saturated heterocycles. The number of carbonyl (C=O) groups is 1. The molecule has 1 saturated carbocycles. The second kappa shape index (κ2) is 6.25. The topological polar surface area (TPSA) is 55.1 Å². The first-order chi connectivity index (χ1) is 9.79. The molecule has 116 valence electrons. The van der Waals surface area contributed by atoms with Gasteiger partial charge in [-0.15, -0.1) is 0 Å². The van der Waals surface area contributed by atoms with Crippen LogP contribution in [0, 0.1) is 5.92 Å². The zero-order chi connectivity index (χ0) is 15.6. The van der Waals surface area contributed by atoms with Gasteiger partial charge in [0.15, 0.2) is 0 Å². The molecule has 2 unspecified atom stereocenters. The molecule has 3 N–H and O–H groups in total. The third-order valence-corrected chi connectivity index (χ3v) is 4.25. The highest BCUT2D eigenvalue weighted by Gasteiger charge is 2.46. The van der Waals surface area contributed by atoms with Gasteiger partial charge >= 0.3 is 6.18 Å². The molecule has 2 rings (SSSR count). The Morgan fingerprint density at radius 3 is 2.57 bits per heavy atom. The van der Waals surface area contributed by atoms with E-state index in [1.807, 2.05) is 0 Å². The molecule has 1 fully saturated rings. The monoisotopic (exact) mass is 364 g/mol. The summed E-state index contributed by atoms with van der Waals surface area (Å²) in [6, 6.07) is 3.80. The lowest BCUT2D eigenvalue weighted by Gasteiger charge is -2.33. The first-order valence-corrected chi connectivity index (χ1v) is 7.51. The number of nitrogens with two attached hydrogens (primary N) is 1. The van der Waals surface area contributed by atoms with Gasteiger partial charge in [-0.25, -0.2) is 0 Å². The lowest BCUT2D eigenvalue weighted by molar-refractivity contribution is -0.187. The Hall–Kier alpha value is -1.24. The molecule has 1 aromatic carbocycles. The van der Waals surface area contributed by atoms with Crippen molar-refractivity contribution < 1.29 is 18.0 Å². The quantitative estimate of drug-likeness (QED) is 0.782. The number of hydrogen-bond donors (Lipinski definition) is 2. The molecule has 0 spiro atoms. The first-order valence-electron chi connectivity index (χ1n) is 6.71. The number of hydrogen-bond acceptors (Lipinski definition) is 2. The smallest absolute Gasteiger partial charge is 0.393 e. The van der Waals surface area contributed by atoms with Crippen LogP contribution >= 0.6 is 15.9 Å². The highest BCUT2D eigenvalue weighted by Crippen LogP contribution is 2.37. The van der Waals surface area contributed by atoms with Gasteiger partial charge in [0.05, 0.1) is 11.5 Å². The van der Waals surface area contributed by atoms with Gasteiger partial charge in [0.25, 0.3) is 5.91 Å². The van der Waals surface area contributed by atoms with Crippen molar-refractivity contribution in [3.8, 4) is 0 Å². The van der Waals surface area contributed by atoms with Crippen LogP contribution in [0.2, 0.25) is 0 Å². The zero-order valence-electron chi connectivity index (χ0n) is 11.2. The van der Waals surface area contributed by atoms with E-state index in [1.165, 1.54) is 6.07 Å². The SMILES string of the molecule is Nc1cc(Br)ccc1C(=O)NC1CCCCC1C(F)(F)F. The van der Waals surface area contributed by atoms with E-state index < -0.39 is 24.0 Å². The van der Waals surface area contributed by atoms with E-state index in [0.717, 1.165) is 0 Å². The molecule has 21 heavy (non-hydrogen) atoms. The normalized spacial score (nSPS) is 22.9. The molecule has 1 aliphatic carbocycles. The minimum Gasteiger partial charge on any atom is -0.398 e. The van der Waals surface area contributed by atoms with Crippen LogP contribution in [0.15, 0.2) is 22.7 Å². The maximum Gasteiger partial charge on any atom is 0.393 e. The minimum absolute atomic E-state index is 0.0598. The number of anilines is 1. The average Bonchev–Trinajstić information content (AvgIpc) is 2.37. The van der Waals surface area contributed by atoms with Crippen LogP contribution in [-0.4, -0.2) is 18.1 Å². The van der Waals surface area contributed by atoms with Crippen LogP contribution in [0.25, 0.3) is 0 Å². The van der Waals surface area contributed by atoms with Gasteiger partial charge in [-0.05, 0) is 31.0 Å². The van der Waals surface area contributed by atoms with E-state index in [0.29, 0.717) is 23.7 Å². The standard InChI is InChI=1S/C14H16BrF3N2O/c15-8-5-6-9(11(19)7-8)13(21)20-12-4-2-1-3-10(12)14(16,17)18/h5-7,10,12H,1-4,19H2,(H,20,21). The van der Waals surface area contributed by atoms with Crippen molar-refractivity contribution in [2.75, 3.05) is 5.73 Å². The van der Waals surface area contributed by atoms with Crippen molar-refractivity contribution in [1.82, 2.24) is 5.32 Å². The lowest BCUT2D eigenvalue weighted by Crippen LogP contribution is -2.47. The van der Waals surface area contributed by atoms with E-state index >= 15 is 0 Å². The van der Waals surface area contributed by atoms with E-state index in [2.05, 4.69) is 21.2 Å². The van der Waals surface area contributed by atoms with Gasteiger partial charge in [0.1, 0.15) is 0 Å². The van der Waals surface area contributed by atoms with Crippen LogP contribution in [0.4, 0.5) is 18.9 Å². The maximum atomic E-state index is 13.0. The average molecular weight is 365 g/mol. The molecule has 7 heteroatoms. The van der Waals surface area contributed by atoms with Crippen molar-refractivity contribution in [2.24, 2.45) is 5.92 Å². The molecule has 3 nitrogen and oxygen atoms in total. The molecule has 0 radical (unpaired) electrons. The van der Waals surface area contributed by atoms with Gasteiger partial charge in [-0.3, -0.25) is 4.79 Å². The molecular formula is C14H16BrF3N2O. The summed E-state index contributed by atoms with van der Waals surface area (Å²) in [5.74, 6) is -2.03. The highest BCUT2D eigenvalue weighted by molar-refractivity contribution is 9.10. The molecule has 0 heterocycles. The fourth-order valence-corrected chi connectivity index (χ4v) is 3.06. The first kappa shape index (κ1) is 16.1. The number of carbonyl (C=O) groups excluding carboxylic acids is 1. The van der Waals surface area contributed by atoms with Gasteiger partial charge in [0.2, 0.25) is 0 Å². The molecule has 1 aliphatic rings. The van der Waals surface area contributed by atoms with Crippen LogP contribution in [-0.2, 0) is 0 Å². The van der Waals surface area contributed by atoms with Crippen molar-refractivity contribution >= 4 is 27.5 Å². The van der Waals surface area contributed by atoms with Crippen LogP contribution in [0.5, 0.6) is 0 Å². The van der Waals surface area contributed by atoms with Gasteiger partial charge in [-0.2, -0.15) is 13.2 Å². The number of alkyl halides is 3. The number of amides is 1. The summed E-state index contributed by atoms with van der Waals surface area (Å²) >= 11 is 3.22. The molecular weight excluding hydrogens is 349 g/mol. The van der Waals surface area contributed by atoms with Gasteiger partial charge in [0, 0.05) is 16.2 Å². The van der Waals surface area contributed by atoms with Crippen molar-refractivity contribution in [2.45, 2.75) is 37.9 Å². The number of benzene rings is 1. The summed E-state index contributed by atoms with van der Waals surface area (Å²) in [4.78, 5) is 12.1. The molecule has 0 aliphatic heterocycles. The fourth-order valence-electron chi connectivity index (χ4n) is 2.68. The number of nitrogens with one attached hydrogen (secondary N) is 1. The number of rotatable bonds is 2. The summed E-state index contributed by atoms with van der Waals surface area (Å²) < 4.78 is 39.7. The summed E-state index contributed by atoms with van der Waals surface area (Å²) in [6.45, 7) is 0. The molecule has 0 aromatic heterocycles. The van der Waals surface area contributed by atoms with E-state index in [1.54, 1.807) is 12.1 Å². The summed E-state index contributed by atoms with van der Waals surface area (Å²) in [5, 5.41) is 2.50. The predicted molar refractivity (Wildman–Crippen MR) is 77.8 cm³/mol. The lowest BCUT2D eigenvalue weighted by atomic mass is 9.84. The third kappa shape index (κ3) is 3.90. The summed E-state index contributed by atoms with van der Waals surface area (Å²) in [7, 11) is 0. The van der Waals surface area contributed by atoms with Crippen molar-refractivity contribution in [3.63, 3.8) is 0 Å². The molecule has 1 aromatic rings. The van der Waals surface area contributed by atoms with E-state index in [4.69, 9.17) is 5.73 Å². The van der Waals surface area contributed by atoms with E-state index in [9.17, 15) is 18.0 Å². The van der Waals surface area contributed by atoms with Crippen molar-refractivity contribution in [3.05, 3.63) is 28.2 Å². The van der Waals surface area contributed by atoms with E-state index in [-0.39, 0.29) is 17.7 Å².